The molecule has 9 heteroatoms. The number of hydrogen-bond acceptors (Lipinski definition) is 8. The largest absolute Gasteiger partial charge is 0.495 e. The fourth-order valence-corrected chi connectivity index (χ4v) is 4.87. The number of para-hydroxylation sites is 1. The lowest BCUT2D eigenvalue weighted by molar-refractivity contribution is -0.142. The highest BCUT2D eigenvalue weighted by atomic mass is 35.5. The Morgan fingerprint density at radius 3 is 2.82 bits per heavy atom. The second-order valence-corrected chi connectivity index (χ2v) is 8.95. The molecule has 0 spiro atoms. The SMILES string of the molecule is COC(=O)C1CN(c2nc(Nc3cc4c(cc3OC)CCN(C)C4)ncc2Cl)c2ccccc21. The van der Waals surface area contributed by atoms with Gasteiger partial charge in [-0.1, -0.05) is 29.8 Å². The summed E-state index contributed by atoms with van der Waals surface area (Å²) < 4.78 is 10.7. The van der Waals surface area contributed by atoms with E-state index in [-0.39, 0.29) is 5.97 Å². The van der Waals surface area contributed by atoms with E-state index in [1.807, 2.05) is 29.2 Å². The second-order valence-electron chi connectivity index (χ2n) is 8.54. The van der Waals surface area contributed by atoms with Crippen molar-refractivity contribution in [2.45, 2.75) is 18.9 Å². The zero-order valence-electron chi connectivity index (χ0n) is 19.3. The third-order valence-corrected chi connectivity index (χ3v) is 6.67. The van der Waals surface area contributed by atoms with Crippen molar-refractivity contribution < 1.29 is 14.3 Å². The molecule has 2 aliphatic rings. The third kappa shape index (κ3) is 4.03. The van der Waals surface area contributed by atoms with Gasteiger partial charge in [-0.2, -0.15) is 4.98 Å². The van der Waals surface area contributed by atoms with Crippen LogP contribution >= 0.6 is 11.6 Å². The molecule has 0 saturated carbocycles. The number of nitrogens with one attached hydrogen (secondary N) is 1. The number of ether oxygens (including phenoxy) is 2. The number of rotatable bonds is 5. The van der Waals surface area contributed by atoms with E-state index >= 15 is 0 Å². The molecule has 0 saturated heterocycles. The van der Waals surface area contributed by atoms with E-state index < -0.39 is 5.92 Å². The van der Waals surface area contributed by atoms with Crippen molar-refractivity contribution in [3.05, 3.63) is 64.3 Å². The number of fused-ring (bicyclic) bond motifs is 2. The van der Waals surface area contributed by atoms with Gasteiger partial charge in [0.25, 0.3) is 0 Å². The molecule has 34 heavy (non-hydrogen) atoms. The van der Waals surface area contributed by atoms with Gasteiger partial charge < -0.3 is 24.6 Å². The van der Waals surface area contributed by atoms with Crippen LogP contribution in [0.1, 0.15) is 22.6 Å². The molecule has 8 nitrogen and oxygen atoms in total. The monoisotopic (exact) mass is 479 g/mol. The van der Waals surface area contributed by atoms with E-state index in [2.05, 4.69) is 34.4 Å². The van der Waals surface area contributed by atoms with Crippen LogP contribution < -0.4 is 15.0 Å². The van der Waals surface area contributed by atoms with Crippen molar-refractivity contribution in [1.29, 1.82) is 0 Å². The predicted octanol–water partition coefficient (Wildman–Crippen LogP) is 4.28. The molecule has 3 aromatic rings. The fourth-order valence-electron chi connectivity index (χ4n) is 4.67. The normalized spacial score (nSPS) is 17.2. The molecule has 0 amide bonds. The molecular weight excluding hydrogens is 454 g/mol. The zero-order valence-corrected chi connectivity index (χ0v) is 20.1. The van der Waals surface area contributed by atoms with Crippen molar-refractivity contribution in [3.8, 4) is 5.75 Å². The minimum atomic E-state index is -0.415. The van der Waals surface area contributed by atoms with Crippen LogP contribution in [0.3, 0.4) is 0 Å². The van der Waals surface area contributed by atoms with Crippen LogP contribution in [0.2, 0.25) is 5.02 Å². The summed E-state index contributed by atoms with van der Waals surface area (Å²) in [6, 6.07) is 11.9. The van der Waals surface area contributed by atoms with E-state index in [4.69, 9.17) is 26.1 Å². The molecule has 0 radical (unpaired) electrons. The summed E-state index contributed by atoms with van der Waals surface area (Å²) in [6.07, 6.45) is 2.55. The lowest BCUT2D eigenvalue weighted by Crippen LogP contribution is -2.26. The molecule has 2 aliphatic heterocycles. The number of hydrogen-bond donors (Lipinski definition) is 1. The van der Waals surface area contributed by atoms with Gasteiger partial charge in [0.1, 0.15) is 16.7 Å². The maximum absolute atomic E-state index is 12.4. The first-order valence-electron chi connectivity index (χ1n) is 11.1. The highest BCUT2D eigenvalue weighted by molar-refractivity contribution is 6.33. The molecule has 1 N–H and O–H groups in total. The fraction of sp³-hybridized carbons (Fsp3) is 0.320. The van der Waals surface area contributed by atoms with Crippen LogP contribution in [-0.2, 0) is 22.5 Å². The van der Waals surface area contributed by atoms with Gasteiger partial charge in [-0.05, 0) is 48.4 Å². The highest BCUT2D eigenvalue weighted by Crippen LogP contribution is 2.43. The molecule has 0 aliphatic carbocycles. The number of nitrogens with zero attached hydrogens (tertiary/aromatic N) is 4. The molecule has 0 fully saturated rings. The third-order valence-electron chi connectivity index (χ3n) is 6.41. The summed E-state index contributed by atoms with van der Waals surface area (Å²) in [6.45, 7) is 2.29. The summed E-state index contributed by atoms with van der Waals surface area (Å²) in [5, 5.41) is 3.70. The number of aromatic nitrogens is 2. The van der Waals surface area contributed by atoms with Crippen molar-refractivity contribution >= 4 is 40.7 Å². The summed E-state index contributed by atoms with van der Waals surface area (Å²) in [5.74, 6) is 0.944. The average Bonchev–Trinajstić information content (AvgIpc) is 3.24. The van der Waals surface area contributed by atoms with Crippen molar-refractivity contribution in [2.24, 2.45) is 0 Å². The molecule has 3 heterocycles. The summed E-state index contributed by atoms with van der Waals surface area (Å²) >= 11 is 6.54. The van der Waals surface area contributed by atoms with Gasteiger partial charge in [0, 0.05) is 25.3 Å². The van der Waals surface area contributed by atoms with Crippen LogP contribution in [0.4, 0.5) is 23.1 Å². The van der Waals surface area contributed by atoms with Gasteiger partial charge in [0.15, 0.2) is 5.82 Å². The number of carbonyl (C=O) groups excluding carboxylic acids is 1. The van der Waals surface area contributed by atoms with Crippen LogP contribution in [0.5, 0.6) is 5.75 Å². The first kappa shape index (κ1) is 22.4. The number of carbonyl (C=O) groups is 1. The molecule has 1 unspecified atom stereocenters. The minimum absolute atomic E-state index is 0.290. The molecule has 2 aromatic carbocycles. The minimum Gasteiger partial charge on any atom is -0.495 e. The molecular formula is C25H26ClN5O3. The summed E-state index contributed by atoms with van der Waals surface area (Å²) in [7, 11) is 5.17. The smallest absolute Gasteiger partial charge is 0.315 e. The van der Waals surface area contributed by atoms with Crippen LogP contribution in [0.15, 0.2) is 42.6 Å². The Hall–Kier alpha value is -3.36. The molecule has 1 atom stereocenters. The first-order chi connectivity index (χ1) is 16.5. The maximum Gasteiger partial charge on any atom is 0.315 e. The number of benzene rings is 2. The second kappa shape index (κ2) is 9.12. The molecule has 176 valence electrons. The van der Waals surface area contributed by atoms with E-state index in [9.17, 15) is 4.79 Å². The van der Waals surface area contributed by atoms with Gasteiger partial charge in [-0.3, -0.25) is 4.79 Å². The van der Waals surface area contributed by atoms with E-state index in [1.54, 1.807) is 13.3 Å². The summed E-state index contributed by atoms with van der Waals surface area (Å²) in [4.78, 5) is 25.8. The lowest BCUT2D eigenvalue weighted by Gasteiger charge is -2.26. The number of halogens is 1. The van der Waals surface area contributed by atoms with Gasteiger partial charge in [-0.15, -0.1) is 0 Å². The first-order valence-corrected chi connectivity index (χ1v) is 11.5. The Bertz CT molecular complexity index is 1250. The Morgan fingerprint density at radius 1 is 1.21 bits per heavy atom. The Morgan fingerprint density at radius 2 is 2.03 bits per heavy atom. The zero-order chi connectivity index (χ0) is 23.8. The van der Waals surface area contributed by atoms with Gasteiger partial charge in [-0.25, -0.2) is 4.98 Å². The van der Waals surface area contributed by atoms with Gasteiger partial charge in [0.2, 0.25) is 5.95 Å². The Labute approximate surface area is 203 Å². The number of esters is 1. The molecule has 5 rings (SSSR count). The number of likely N-dealkylation sites (N-methyl/N-ethyl adjacent to an activating group) is 1. The highest BCUT2D eigenvalue weighted by Gasteiger charge is 2.36. The average molecular weight is 480 g/mol. The number of anilines is 4. The van der Waals surface area contributed by atoms with Crippen LogP contribution in [-0.4, -0.2) is 55.2 Å². The lowest BCUT2D eigenvalue weighted by atomic mass is 9.99. The van der Waals surface area contributed by atoms with E-state index in [0.29, 0.717) is 23.3 Å². The van der Waals surface area contributed by atoms with E-state index in [0.717, 1.165) is 42.2 Å². The van der Waals surface area contributed by atoms with Crippen molar-refractivity contribution in [2.75, 3.05) is 44.6 Å². The molecule has 0 bridgehead atoms. The Balaban J connectivity index is 1.49. The van der Waals surface area contributed by atoms with E-state index in [1.165, 1.54) is 18.2 Å². The van der Waals surface area contributed by atoms with Crippen LogP contribution in [0.25, 0.3) is 0 Å². The van der Waals surface area contributed by atoms with Crippen molar-refractivity contribution in [3.63, 3.8) is 0 Å². The quantitative estimate of drug-likeness (QED) is 0.543. The molecule has 1 aromatic heterocycles. The van der Waals surface area contributed by atoms with Gasteiger partial charge >= 0.3 is 5.97 Å². The van der Waals surface area contributed by atoms with Crippen molar-refractivity contribution in [1.82, 2.24) is 14.9 Å². The van der Waals surface area contributed by atoms with Crippen LogP contribution in [0, 0.1) is 0 Å². The van der Waals surface area contributed by atoms with Gasteiger partial charge in [0.05, 0.1) is 26.1 Å². The topological polar surface area (TPSA) is 79.8 Å². The number of methoxy groups -OCH3 is 2. The predicted molar refractivity (Wildman–Crippen MR) is 132 cm³/mol. The maximum atomic E-state index is 12.4. The summed E-state index contributed by atoms with van der Waals surface area (Å²) in [5.41, 5.74) is 5.10. The Kier molecular flexibility index (Phi) is 6.02. The standard InChI is InChI=1S/C25H26ClN5O3/c1-30-9-8-15-11-22(33-2)20(10-16(15)13-30)28-25-27-12-19(26)23(29-25)31-14-18(24(32)34-3)17-6-4-5-7-21(17)31/h4-7,10-12,18H,8-9,13-14H2,1-3H3,(H,27,28,29).